The Hall–Kier alpha value is -4.10. The van der Waals surface area contributed by atoms with E-state index in [2.05, 4.69) is 9.88 Å². The second kappa shape index (κ2) is 11.5. The fourth-order valence-electron chi connectivity index (χ4n) is 5.06. The Labute approximate surface area is 222 Å². The summed E-state index contributed by atoms with van der Waals surface area (Å²) in [5, 5.41) is 9.90. The summed E-state index contributed by atoms with van der Waals surface area (Å²) in [6, 6.07) is 25.0. The van der Waals surface area contributed by atoms with E-state index in [1.807, 2.05) is 92.7 Å². The summed E-state index contributed by atoms with van der Waals surface area (Å²) in [5.41, 5.74) is 3.05. The van der Waals surface area contributed by atoms with Gasteiger partial charge in [-0.05, 0) is 67.3 Å². The standard InChI is InChI=1S/C31H32N2O5/c1-21-28(32-22(2)37-21)18-19-36-25-14-10-24(11-15-25)29-16-17-30(31(34)35)33(29)20-23-8-12-27(13-9-23)38-26-6-4-3-5-7-26/h3-15,29-30H,16-20H2,1-2H3,(H,34,35)/t29-,30-/m1/s1. The Balaban J connectivity index is 1.23. The molecule has 196 valence electrons. The molecule has 2 heterocycles. The Bertz CT molecular complexity index is 1350. The molecule has 3 aromatic carbocycles. The lowest BCUT2D eigenvalue weighted by molar-refractivity contribution is -0.142. The van der Waals surface area contributed by atoms with Crippen LogP contribution in [0.5, 0.6) is 17.2 Å². The zero-order valence-electron chi connectivity index (χ0n) is 21.7. The lowest BCUT2D eigenvalue weighted by atomic mass is 10.0. The molecule has 0 spiro atoms. The van der Waals surface area contributed by atoms with Gasteiger partial charge in [0.15, 0.2) is 5.89 Å². The number of benzene rings is 3. The highest BCUT2D eigenvalue weighted by atomic mass is 16.5. The Morgan fingerprint density at radius 3 is 2.29 bits per heavy atom. The molecule has 7 heteroatoms. The van der Waals surface area contributed by atoms with E-state index in [1.165, 1.54) is 0 Å². The van der Waals surface area contributed by atoms with E-state index >= 15 is 0 Å². The van der Waals surface area contributed by atoms with E-state index in [-0.39, 0.29) is 6.04 Å². The van der Waals surface area contributed by atoms with Crippen LogP contribution in [0.25, 0.3) is 0 Å². The number of ether oxygens (including phenoxy) is 2. The van der Waals surface area contributed by atoms with Crippen LogP contribution in [-0.4, -0.2) is 33.6 Å². The maximum Gasteiger partial charge on any atom is 0.320 e. The van der Waals surface area contributed by atoms with Gasteiger partial charge in [0, 0.05) is 25.9 Å². The average molecular weight is 513 g/mol. The number of carboxylic acid groups (broad SMARTS) is 1. The third-order valence-electron chi connectivity index (χ3n) is 6.94. The first-order chi connectivity index (χ1) is 18.5. The number of hydrogen-bond donors (Lipinski definition) is 1. The number of nitrogens with zero attached hydrogens (tertiary/aromatic N) is 2. The summed E-state index contributed by atoms with van der Waals surface area (Å²) in [6.45, 7) is 4.80. The topological polar surface area (TPSA) is 85.0 Å². The maximum atomic E-state index is 12.1. The number of oxazole rings is 1. The minimum absolute atomic E-state index is 0.0196. The molecule has 7 nitrogen and oxygen atoms in total. The van der Waals surface area contributed by atoms with Gasteiger partial charge in [-0.2, -0.15) is 0 Å². The van der Waals surface area contributed by atoms with Crippen molar-refractivity contribution in [3.8, 4) is 17.2 Å². The van der Waals surface area contributed by atoms with E-state index in [4.69, 9.17) is 13.9 Å². The first-order valence-corrected chi connectivity index (χ1v) is 12.9. The van der Waals surface area contributed by atoms with E-state index in [0.29, 0.717) is 31.9 Å². The number of carbonyl (C=O) groups is 1. The van der Waals surface area contributed by atoms with Gasteiger partial charge in [-0.1, -0.05) is 42.5 Å². The van der Waals surface area contributed by atoms with Crippen molar-refractivity contribution < 1.29 is 23.8 Å². The van der Waals surface area contributed by atoms with Crippen molar-refractivity contribution >= 4 is 5.97 Å². The molecule has 1 aliphatic heterocycles. The zero-order valence-corrected chi connectivity index (χ0v) is 21.7. The van der Waals surface area contributed by atoms with Gasteiger partial charge in [0.05, 0.1) is 12.3 Å². The van der Waals surface area contributed by atoms with Crippen LogP contribution in [0.3, 0.4) is 0 Å². The molecule has 0 radical (unpaired) electrons. The fourth-order valence-corrected chi connectivity index (χ4v) is 5.06. The van der Waals surface area contributed by atoms with Crippen LogP contribution in [-0.2, 0) is 17.8 Å². The average Bonchev–Trinajstić information content (AvgIpc) is 3.48. The fraction of sp³-hybridized carbons (Fsp3) is 0.290. The van der Waals surface area contributed by atoms with Gasteiger partial charge in [-0.3, -0.25) is 9.69 Å². The Kier molecular flexibility index (Phi) is 7.75. The quantitative estimate of drug-likeness (QED) is 0.260. The molecule has 1 saturated heterocycles. The van der Waals surface area contributed by atoms with Crippen LogP contribution in [0, 0.1) is 13.8 Å². The van der Waals surface area contributed by atoms with Crippen molar-refractivity contribution in [1.29, 1.82) is 0 Å². The van der Waals surface area contributed by atoms with Gasteiger partial charge in [0.2, 0.25) is 0 Å². The SMILES string of the molecule is Cc1nc(CCOc2ccc([C@H]3CC[C@H](C(=O)O)N3Cc3ccc(Oc4ccccc4)cc3)cc2)c(C)o1. The summed E-state index contributed by atoms with van der Waals surface area (Å²) < 4.78 is 17.3. The van der Waals surface area contributed by atoms with Crippen LogP contribution in [0.15, 0.2) is 83.3 Å². The van der Waals surface area contributed by atoms with Crippen molar-refractivity contribution in [3.63, 3.8) is 0 Å². The second-order valence-corrected chi connectivity index (χ2v) is 9.58. The van der Waals surface area contributed by atoms with E-state index in [1.54, 1.807) is 0 Å². The van der Waals surface area contributed by atoms with E-state index in [9.17, 15) is 9.90 Å². The minimum Gasteiger partial charge on any atom is -0.493 e. The summed E-state index contributed by atoms with van der Waals surface area (Å²) in [4.78, 5) is 18.5. The third-order valence-corrected chi connectivity index (χ3v) is 6.94. The molecule has 1 N–H and O–H groups in total. The minimum atomic E-state index is -0.783. The first kappa shape index (κ1) is 25.5. The number of hydrogen-bond acceptors (Lipinski definition) is 6. The molecule has 2 atom stereocenters. The van der Waals surface area contributed by atoms with Crippen LogP contribution < -0.4 is 9.47 Å². The molecule has 0 aliphatic carbocycles. The zero-order chi connectivity index (χ0) is 26.5. The lowest BCUT2D eigenvalue weighted by Crippen LogP contribution is -2.36. The summed E-state index contributed by atoms with van der Waals surface area (Å²) in [6.07, 6.45) is 2.08. The highest BCUT2D eigenvalue weighted by molar-refractivity contribution is 5.74. The van der Waals surface area contributed by atoms with Crippen molar-refractivity contribution in [3.05, 3.63) is 107 Å². The molecule has 0 amide bonds. The molecule has 1 aliphatic rings. The number of aryl methyl sites for hydroxylation is 2. The molecular weight excluding hydrogens is 480 g/mol. The third kappa shape index (κ3) is 6.06. The van der Waals surface area contributed by atoms with Gasteiger partial charge in [-0.25, -0.2) is 4.98 Å². The molecule has 0 bridgehead atoms. The van der Waals surface area contributed by atoms with Gasteiger partial charge < -0.3 is 19.0 Å². The maximum absolute atomic E-state index is 12.1. The summed E-state index contributed by atoms with van der Waals surface area (Å²) in [7, 11) is 0. The number of carboxylic acids is 1. The van der Waals surface area contributed by atoms with Crippen LogP contribution in [0.1, 0.15) is 47.4 Å². The predicted octanol–water partition coefficient (Wildman–Crippen LogP) is 6.50. The first-order valence-electron chi connectivity index (χ1n) is 12.9. The highest BCUT2D eigenvalue weighted by Crippen LogP contribution is 2.38. The van der Waals surface area contributed by atoms with Gasteiger partial charge in [0.25, 0.3) is 0 Å². The van der Waals surface area contributed by atoms with Crippen molar-refractivity contribution in [2.24, 2.45) is 0 Å². The lowest BCUT2D eigenvalue weighted by Gasteiger charge is -2.28. The molecule has 4 aromatic rings. The second-order valence-electron chi connectivity index (χ2n) is 9.58. The number of aromatic nitrogens is 1. The van der Waals surface area contributed by atoms with Crippen molar-refractivity contribution in [2.75, 3.05) is 6.61 Å². The Morgan fingerprint density at radius 1 is 0.947 bits per heavy atom. The summed E-state index contributed by atoms with van der Waals surface area (Å²) in [5.74, 6) is 3.02. The largest absolute Gasteiger partial charge is 0.493 e. The summed E-state index contributed by atoms with van der Waals surface area (Å²) >= 11 is 0. The molecular formula is C31H32N2O5. The number of likely N-dealkylation sites (tertiary alicyclic amines) is 1. The molecule has 0 unspecified atom stereocenters. The molecule has 1 aromatic heterocycles. The number of para-hydroxylation sites is 1. The van der Waals surface area contributed by atoms with Crippen LogP contribution in [0.4, 0.5) is 0 Å². The van der Waals surface area contributed by atoms with E-state index in [0.717, 1.165) is 46.3 Å². The predicted molar refractivity (Wildman–Crippen MR) is 144 cm³/mol. The number of rotatable bonds is 10. The van der Waals surface area contributed by atoms with Crippen LogP contribution in [0.2, 0.25) is 0 Å². The van der Waals surface area contributed by atoms with Crippen molar-refractivity contribution in [1.82, 2.24) is 9.88 Å². The van der Waals surface area contributed by atoms with Gasteiger partial charge in [0.1, 0.15) is 29.1 Å². The molecule has 1 fully saturated rings. The molecule has 5 rings (SSSR count). The van der Waals surface area contributed by atoms with Crippen LogP contribution >= 0.6 is 0 Å². The molecule has 38 heavy (non-hydrogen) atoms. The normalized spacial score (nSPS) is 17.4. The van der Waals surface area contributed by atoms with Crippen molar-refractivity contribution in [2.45, 2.75) is 51.7 Å². The van der Waals surface area contributed by atoms with E-state index < -0.39 is 12.0 Å². The number of aliphatic carboxylic acids is 1. The Morgan fingerprint density at radius 2 is 1.63 bits per heavy atom. The highest BCUT2D eigenvalue weighted by Gasteiger charge is 2.38. The van der Waals surface area contributed by atoms with Gasteiger partial charge >= 0.3 is 5.97 Å². The molecule has 0 saturated carbocycles. The monoisotopic (exact) mass is 512 g/mol. The smallest absolute Gasteiger partial charge is 0.320 e. The van der Waals surface area contributed by atoms with Gasteiger partial charge in [-0.15, -0.1) is 0 Å².